The van der Waals surface area contributed by atoms with E-state index in [1.54, 1.807) is 30.3 Å². The third-order valence-corrected chi connectivity index (χ3v) is 4.65. The van der Waals surface area contributed by atoms with E-state index in [9.17, 15) is 13.2 Å². The van der Waals surface area contributed by atoms with Gasteiger partial charge in [0.1, 0.15) is 12.1 Å². The topological polar surface area (TPSA) is 112 Å². The zero-order chi connectivity index (χ0) is 18.7. The molecule has 8 heteroatoms. The first-order chi connectivity index (χ1) is 12.4. The maximum Gasteiger partial charge on any atom is 0.314 e. The SMILES string of the molecule is COC(=O)Cc1nc(-c2ccccc2S(N)(=O)=O)c(-c2ccccc2)o1. The number of hydrogen-bond donors (Lipinski definition) is 1. The van der Waals surface area contributed by atoms with Crippen molar-refractivity contribution < 1.29 is 22.4 Å². The molecule has 0 aliphatic heterocycles. The molecule has 7 nitrogen and oxygen atoms in total. The summed E-state index contributed by atoms with van der Waals surface area (Å²) in [6.07, 6.45) is -0.173. The number of aromatic nitrogens is 1. The maximum absolute atomic E-state index is 12.0. The number of sulfonamides is 1. The number of primary sulfonamides is 1. The Hall–Kier alpha value is -2.97. The van der Waals surface area contributed by atoms with Crippen LogP contribution in [0.1, 0.15) is 5.89 Å². The van der Waals surface area contributed by atoms with Crippen molar-refractivity contribution in [1.82, 2.24) is 4.98 Å². The Bertz CT molecular complexity index is 1040. The number of esters is 1. The van der Waals surface area contributed by atoms with E-state index in [2.05, 4.69) is 9.72 Å². The van der Waals surface area contributed by atoms with Crippen LogP contribution in [0.25, 0.3) is 22.6 Å². The molecule has 1 aromatic heterocycles. The lowest BCUT2D eigenvalue weighted by molar-refractivity contribution is -0.140. The van der Waals surface area contributed by atoms with Gasteiger partial charge in [-0.3, -0.25) is 4.79 Å². The van der Waals surface area contributed by atoms with Crippen molar-refractivity contribution in [2.45, 2.75) is 11.3 Å². The molecule has 26 heavy (non-hydrogen) atoms. The van der Waals surface area contributed by atoms with Crippen molar-refractivity contribution >= 4 is 16.0 Å². The molecule has 0 saturated carbocycles. The van der Waals surface area contributed by atoms with Gasteiger partial charge in [0.05, 0.1) is 12.0 Å². The average Bonchev–Trinajstić information content (AvgIpc) is 3.05. The van der Waals surface area contributed by atoms with E-state index in [4.69, 9.17) is 9.56 Å². The van der Waals surface area contributed by atoms with Crippen LogP contribution in [0.2, 0.25) is 0 Å². The van der Waals surface area contributed by atoms with Crippen molar-refractivity contribution in [3.05, 3.63) is 60.5 Å². The van der Waals surface area contributed by atoms with E-state index in [-0.39, 0.29) is 17.2 Å². The Morgan fingerprint density at radius 2 is 1.77 bits per heavy atom. The molecule has 3 rings (SSSR count). The Morgan fingerprint density at radius 1 is 1.12 bits per heavy atom. The Labute approximate surface area is 150 Å². The van der Waals surface area contributed by atoms with Gasteiger partial charge in [-0.15, -0.1) is 0 Å². The molecular weight excluding hydrogens is 356 g/mol. The van der Waals surface area contributed by atoms with Crippen LogP contribution in [0.3, 0.4) is 0 Å². The summed E-state index contributed by atoms with van der Waals surface area (Å²) in [5.41, 5.74) is 1.28. The molecule has 0 bridgehead atoms. The van der Waals surface area contributed by atoms with Gasteiger partial charge >= 0.3 is 5.97 Å². The Kier molecular flexibility index (Phi) is 4.88. The summed E-state index contributed by atoms with van der Waals surface area (Å²) < 4.78 is 34.3. The third kappa shape index (κ3) is 3.66. The molecule has 2 aromatic carbocycles. The number of nitrogens with zero attached hydrogens (tertiary/aromatic N) is 1. The smallest absolute Gasteiger partial charge is 0.314 e. The van der Waals surface area contributed by atoms with Crippen LogP contribution in [0.4, 0.5) is 0 Å². The average molecular weight is 372 g/mol. The quantitative estimate of drug-likeness (QED) is 0.688. The van der Waals surface area contributed by atoms with Crippen molar-refractivity contribution in [1.29, 1.82) is 0 Å². The molecule has 0 atom stereocenters. The Morgan fingerprint density at radius 3 is 2.42 bits per heavy atom. The fourth-order valence-corrected chi connectivity index (χ4v) is 3.25. The van der Waals surface area contributed by atoms with Gasteiger partial charge in [-0.2, -0.15) is 0 Å². The van der Waals surface area contributed by atoms with E-state index < -0.39 is 16.0 Å². The first kappa shape index (κ1) is 17.8. The molecule has 0 aliphatic carbocycles. The number of carbonyl (C=O) groups excluding carboxylic acids is 1. The standard InChI is InChI=1S/C18H16N2O5S/c1-24-16(21)11-15-20-17(18(25-15)12-7-3-2-4-8-12)13-9-5-6-10-14(13)26(19,22)23/h2-10H,11H2,1H3,(H2,19,22,23). The van der Waals surface area contributed by atoms with Crippen molar-refractivity contribution in [3.8, 4) is 22.6 Å². The van der Waals surface area contributed by atoms with E-state index in [0.717, 1.165) is 0 Å². The normalized spacial score (nSPS) is 11.3. The minimum Gasteiger partial charge on any atom is -0.469 e. The second-order valence-electron chi connectivity index (χ2n) is 5.45. The molecule has 0 aliphatic rings. The summed E-state index contributed by atoms with van der Waals surface area (Å²) in [4.78, 5) is 15.8. The number of hydrogen-bond acceptors (Lipinski definition) is 6. The van der Waals surface area contributed by atoms with Gasteiger partial charge in [0.15, 0.2) is 5.76 Å². The van der Waals surface area contributed by atoms with Gasteiger partial charge in [0, 0.05) is 11.1 Å². The first-order valence-corrected chi connectivity index (χ1v) is 9.19. The number of oxazole rings is 1. The van der Waals surface area contributed by atoms with Crippen LogP contribution in [0.15, 0.2) is 63.9 Å². The zero-order valence-electron chi connectivity index (χ0n) is 13.9. The van der Waals surface area contributed by atoms with E-state index in [0.29, 0.717) is 22.6 Å². The fourth-order valence-electron chi connectivity index (χ4n) is 2.51. The van der Waals surface area contributed by atoms with Crippen molar-refractivity contribution in [2.75, 3.05) is 7.11 Å². The van der Waals surface area contributed by atoms with Gasteiger partial charge in [0.25, 0.3) is 0 Å². The predicted molar refractivity (Wildman–Crippen MR) is 94.5 cm³/mol. The van der Waals surface area contributed by atoms with Crippen molar-refractivity contribution in [3.63, 3.8) is 0 Å². The summed E-state index contributed by atoms with van der Waals surface area (Å²) in [6, 6.07) is 15.3. The fraction of sp³-hybridized carbons (Fsp3) is 0.111. The van der Waals surface area contributed by atoms with Crippen LogP contribution < -0.4 is 5.14 Å². The third-order valence-electron chi connectivity index (χ3n) is 3.68. The van der Waals surface area contributed by atoms with Gasteiger partial charge < -0.3 is 9.15 Å². The molecule has 0 saturated heterocycles. The lowest BCUT2D eigenvalue weighted by Gasteiger charge is -2.06. The van der Waals surface area contributed by atoms with Crippen molar-refractivity contribution in [2.24, 2.45) is 5.14 Å². The first-order valence-electron chi connectivity index (χ1n) is 7.64. The molecule has 1 heterocycles. The largest absolute Gasteiger partial charge is 0.469 e. The lowest BCUT2D eigenvalue weighted by Crippen LogP contribution is -2.13. The number of methoxy groups -OCH3 is 1. The second kappa shape index (κ2) is 7.11. The van der Waals surface area contributed by atoms with Gasteiger partial charge in [-0.25, -0.2) is 18.5 Å². The Balaban J connectivity index is 2.22. The minimum atomic E-state index is -3.97. The number of ether oxygens (including phenoxy) is 1. The molecular formula is C18H16N2O5S. The summed E-state index contributed by atoms with van der Waals surface area (Å²) in [5, 5.41) is 5.33. The predicted octanol–water partition coefficient (Wildman–Crippen LogP) is 2.37. The molecule has 0 radical (unpaired) electrons. The van der Waals surface area contributed by atoms with E-state index in [1.165, 1.54) is 13.2 Å². The summed E-state index contributed by atoms with van der Waals surface area (Å²) in [6.45, 7) is 0. The summed E-state index contributed by atoms with van der Waals surface area (Å²) in [5.74, 6) is -0.0485. The highest BCUT2D eigenvalue weighted by molar-refractivity contribution is 7.89. The monoisotopic (exact) mass is 372 g/mol. The number of benzene rings is 2. The molecule has 3 aromatic rings. The van der Waals surface area contributed by atoms with E-state index in [1.807, 2.05) is 18.2 Å². The van der Waals surface area contributed by atoms with Gasteiger partial charge in [-0.1, -0.05) is 48.5 Å². The number of nitrogens with two attached hydrogens (primary N) is 1. The highest BCUT2D eigenvalue weighted by atomic mass is 32.2. The van der Waals surface area contributed by atoms with Crippen LogP contribution >= 0.6 is 0 Å². The highest BCUT2D eigenvalue weighted by Crippen LogP contribution is 2.35. The van der Waals surface area contributed by atoms with Crippen LogP contribution in [0.5, 0.6) is 0 Å². The summed E-state index contributed by atoms with van der Waals surface area (Å²) in [7, 11) is -2.71. The van der Waals surface area contributed by atoms with Crippen LogP contribution in [-0.2, 0) is 26.0 Å². The lowest BCUT2D eigenvalue weighted by atomic mass is 10.1. The highest BCUT2D eigenvalue weighted by Gasteiger charge is 2.23. The minimum absolute atomic E-state index is 0.0740. The van der Waals surface area contributed by atoms with Gasteiger partial charge in [0.2, 0.25) is 15.9 Å². The maximum atomic E-state index is 12.0. The molecule has 0 unspecified atom stereocenters. The van der Waals surface area contributed by atoms with Gasteiger partial charge in [-0.05, 0) is 6.07 Å². The summed E-state index contributed by atoms with van der Waals surface area (Å²) >= 11 is 0. The molecule has 0 amide bonds. The number of rotatable bonds is 5. The molecule has 134 valence electrons. The molecule has 0 spiro atoms. The van der Waals surface area contributed by atoms with Crippen LogP contribution in [0, 0.1) is 0 Å². The van der Waals surface area contributed by atoms with E-state index >= 15 is 0 Å². The van der Waals surface area contributed by atoms with Crippen LogP contribution in [-0.4, -0.2) is 26.5 Å². The molecule has 2 N–H and O–H groups in total. The zero-order valence-corrected chi connectivity index (χ0v) is 14.7. The molecule has 0 fully saturated rings. The second-order valence-corrected chi connectivity index (χ2v) is 6.98. The number of carbonyl (C=O) groups is 1.